The minimum atomic E-state index is 0.941. The third-order valence-corrected chi connectivity index (χ3v) is 7.85. The first-order valence-corrected chi connectivity index (χ1v) is 11.2. The van der Waals surface area contributed by atoms with Gasteiger partial charge < -0.3 is 10.2 Å². The third-order valence-electron chi connectivity index (χ3n) is 3.84. The molecular formula is C16H8Br2N4S3. The average Bonchev–Trinajstić information content (AvgIpc) is 3.34. The largest absolute Gasteiger partial charge is 0.359 e. The Morgan fingerprint density at radius 3 is 2.64 bits per heavy atom. The standard InChI is InChI=1S/C16H8Br2N4S3/c17-11-2-1-10(23-11)8-7-9-15(16-14(8)20-21-25-16)22(6-5-19-9)13-4-3-12(18)24-13/h1-7,19H. The predicted octanol–water partition coefficient (Wildman–Crippen LogP) is 7.04. The molecule has 124 valence electrons. The van der Waals surface area contributed by atoms with Crippen molar-refractivity contribution >= 4 is 92.7 Å². The second-order valence-corrected chi connectivity index (χ2v) is 10.9. The molecule has 0 saturated carbocycles. The van der Waals surface area contributed by atoms with E-state index < -0.39 is 0 Å². The number of nitrogens with zero attached hydrogens (tertiary/aromatic N) is 3. The Morgan fingerprint density at radius 1 is 1.04 bits per heavy atom. The normalized spacial score (nSPS) is 13.3. The van der Waals surface area contributed by atoms with Gasteiger partial charge in [0, 0.05) is 22.8 Å². The lowest BCUT2D eigenvalue weighted by Gasteiger charge is -2.26. The minimum absolute atomic E-state index is 0.941. The quantitative estimate of drug-likeness (QED) is 0.313. The zero-order valence-electron chi connectivity index (χ0n) is 12.4. The molecule has 4 heterocycles. The molecule has 1 aromatic carbocycles. The Kier molecular flexibility index (Phi) is 3.94. The second-order valence-electron chi connectivity index (χ2n) is 5.28. The Hall–Kier alpha value is -1.26. The van der Waals surface area contributed by atoms with Crippen LogP contribution in [0.1, 0.15) is 0 Å². The molecule has 0 aliphatic carbocycles. The van der Waals surface area contributed by atoms with Gasteiger partial charge in [-0.1, -0.05) is 4.49 Å². The molecule has 0 bridgehead atoms. The summed E-state index contributed by atoms with van der Waals surface area (Å²) < 4.78 is 7.53. The first-order valence-electron chi connectivity index (χ1n) is 7.23. The zero-order chi connectivity index (χ0) is 17.0. The van der Waals surface area contributed by atoms with Crippen molar-refractivity contribution in [1.29, 1.82) is 0 Å². The molecule has 0 fully saturated rings. The lowest BCUT2D eigenvalue weighted by molar-refractivity contribution is 1.20. The molecule has 0 saturated heterocycles. The second kappa shape index (κ2) is 6.17. The SMILES string of the molecule is Brc1ccc(-c2cc3c(c4snnc24)N(c2ccc(Br)s2)C=CN3)s1. The van der Waals surface area contributed by atoms with Gasteiger partial charge >= 0.3 is 0 Å². The van der Waals surface area contributed by atoms with E-state index in [1.54, 1.807) is 22.7 Å². The van der Waals surface area contributed by atoms with Crippen LogP contribution < -0.4 is 10.2 Å². The molecule has 5 rings (SSSR count). The van der Waals surface area contributed by atoms with Crippen molar-refractivity contribution in [2.45, 2.75) is 0 Å². The predicted molar refractivity (Wildman–Crippen MR) is 115 cm³/mol. The Labute approximate surface area is 172 Å². The highest BCUT2D eigenvalue weighted by molar-refractivity contribution is 9.11. The molecule has 0 radical (unpaired) electrons. The molecule has 4 aromatic rings. The van der Waals surface area contributed by atoms with E-state index in [1.807, 2.05) is 12.4 Å². The van der Waals surface area contributed by atoms with Crippen LogP contribution in [0.4, 0.5) is 16.4 Å². The van der Waals surface area contributed by atoms with Crippen LogP contribution in [0.25, 0.3) is 20.7 Å². The molecule has 1 N–H and O–H groups in total. The summed E-state index contributed by atoms with van der Waals surface area (Å²) in [5, 5.41) is 8.95. The van der Waals surface area contributed by atoms with Crippen molar-refractivity contribution in [2.75, 3.05) is 10.2 Å². The molecular weight excluding hydrogens is 504 g/mol. The highest BCUT2D eigenvalue weighted by Gasteiger charge is 2.24. The summed E-state index contributed by atoms with van der Waals surface area (Å²) in [4.78, 5) is 3.37. The van der Waals surface area contributed by atoms with Crippen molar-refractivity contribution in [2.24, 2.45) is 0 Å². The van der Waals surface area contributed by atoms with Crippen LogP contribution in [0.2, 0.25) is 0 Å². The molecule has 3 aromatic heterocycles. The molecule has 25 heavy (non-hydrogen) atoms. The van der Waals surface area contributed by atoms with Crippen LogP contribution in [0.3, 0.4) is 0 Å². The molecule has 1 aliphatic heterocycles. The number of benzene rings is 1. The van der Waals surface area contributed by atoms with Crippen LogP contribution in [0.15, 0.2) is 50.3 Å². The minimum Gasteiger partial charge on any atom is -0.359 e. The van der Waals surface area contributed by atoms with Crippen LogP contribution in [-0.2, 0) is 0 Å². The van der Waals surface area contributed by atoms with Gasteiger partial charge in [-0.05, 0) is 73.7 Å². The number of fused-ring (bicyclic) bond motifs is 3. The topological polar surface area (TPSA) is 41.1 Å². The number of rotatable bonds is 2. The lowest BCUT2D eigenvalue weighted by Crippen LogP contribution is -2.14. The van der Waals surface area contributed by atoms with Crippen molar-refractivity contribution < 1.29 is 0 Å². The van der Waals surface area contributed by atoms with Crippen molar-refractivity contribution in [1.82, 2.24) is 9.59 Å². The number of nitrogens with one attached hydrogen (secondary N) is 1. The summed E-state index contributed by atoms with van der Waals surface area (Å²) in [5.74, 6) is 0. The van der Waals surface area contributed by atoms with E-state index in [9.17, 15) is 0 Å². The summed E-state index contributed by atoms with van der Waals surface area (Å²) in [7, 11) is 0. The number of thiophene rings is 2. The van der Waals surface area contributed by atoms with Gasteiger partial charge in [0.2, 0.25) is 0 Å². The van der Waals surface area contributed by atoms with Gasteiger partial charge in [-0.2, -0.15) is 0 Å². The maximum Gasteiger partial charge on any atom is 0.116 e. The number of halogens is 2. The van der Waals surface area contributed by atoms with Crippen molar-refractivity contribution in [3.8, 4) is 10.4 Å². The molecule has 9 heteroatoms. The van der Waals surface area contributed by atoms with Crippen molar-refractivity contribution in [3.63, 3.8) is 0 Å². The van der Waals surface area contributed by atoms with Gasteiger partial charge in [0.25, 0.3) is 0 Å². The summed E-state index contributed by atoms with van der Waals surface area (Å²) in [6, 6.07) is 10.5. The number of aromatic nitrogens is 2. The fourth-order valence-electron chi connectivity index (χ4n) is 2.82. The Balaban J connectivity index is 1.76. The molecule has 0 amide bonds. The summed E-state index contributed by atoms with van der Waals surface area (Å²) in [5.41, 5.74) is 4.20. The summed E-state index contributed by atoms with van der Waals surface area (Å²) in [6.45, 7) is 0. The number of hydrogen-bond donors (Lipinski definition) is 1. The van der Waals surface area contributed by atoms with Gasteiger partial charge in [-0.25, -0.2) is 0 Å². The first-order chi connectivity index (χ1) is 12.2. The molecule has 0 spiro atoms. The van der Waals surface area contributed by atoms with Crippen LogP contribution >= 0.6 is 66.1 Å². The van der Waals surface area contributed by atoms with E-state index in [-0.39, 0.29) is 0 Å². The van der Waals surface area contributed by atoms with E-state index >= 15 is 0 Å². The number of hydrogen-bond acceptors (Lipinski definition) is 7. The first kappa shape index (κ1) is 16.0. The average molecular weight is 512 g/mol. The lowest BCUT2D eigenvalue weighted by atomic mass is 10.1. The maximum absolute atomic E-state index is 4.42. The van der Waals surface area contributed by atoms with Crippen LogP contribution in [0, 0.1) is 0 Å². The van der Waals surface area contributed by atoms with Crippen LogP contribution in [-0.4, -0.2) is 9.59 Å². The summed E-state index contributed by atoms with van der Waals surface area (Å²) in [6.07, 6.45) is 4.01. The van der Waals surface area contributed by atoms with Crippen molar-refractivity contribution in [3.05, 3.63) is 50.3 Å². The molecule has 0 unspecified atom stereocenters. The third kappa shape index (κ3) is 2.65. The molecule has 1 aliphatic rings. The molecule has 4 nitrogen and oxygen atoms in total. The highest BCUT2D eigenvalue weighted by Crippen LogP contribution is 2.48. The van der Waals surface area contributed by atoms with Gasteiger partial charge in [-0.3, -0.25) is 0 Å². The van der Waals surface area contributed by atoms with Crippen LogP contribution in [0.5, 0.6) is 0 Å². The maximum atomic E-state index is 4.42. The smallest absolute Gasteiger partial charge is 0.116 e. The monoisotopic (exact) mass is 510 g/mol. The van der Waals surface area contributed by atoms with E-state index in [0.29, 0.717) is 0 Å². The van der Waals surface area contributed by atoms with Gasteiger partial charge in [0.05, 0.1) is 18.9 Å². The highest BCUT2D eigenvalue weighted by atomic mass is 79.9. The fourth-order valence-corrected chi connectivity index (χ4v) is 6.31. The van der Waals surface area contributed by atoms with E-state index in [4.69, 9.17) is 0 Å². The van der Waals surface area contributed by atoms with Gasteiger partial charge in [-0.15, -0.1) is 27.8 Å². The van der Waals surface area contributed by atoms with E-state index in [2.05, 4.69) is 82.0 Å². The Morgan fingerprint density at radius 2 is 1.88 bits per heavy atom. The fraction of sp³-hybridized carbons (Fsp3) is 0. The molecule has 0 atom stereocenters. The van der Waals surface area contributed by atoms with Gasteiger partial charge in [0.15, 0.2) is 0 Å². The van der Waals surface area contributed by atoms with E-state index in [0.717, 1.165) is 39.7 Å². The van der Waals surface area contributed by atoms with E-state index in [1.165, 1.54) is 16.4 Å². The number of anilines is 3. The zero-order valence-corrected chi connectivity index (χ0v) is 18.0. The summed E-state index contributed by atoms with van der Waals surface area (Å²) >= 11 is 11.9. The Bertz CT molecular complexity index is 1130. The van der Waals surface area contributed by atoms with Gasteiger partial charge in [0.1, 0.15) is 15.2 Å².